The molecular weight excluding hydrogens is 253 g/mol. The summed E-state index contributed by atoms with van der Waals surface area (Å²) in [5.41, 5.74) is 2.78. The highest BCUT2D eigenvalue weighted by Gasteiger charge is 2.29. The van der Waals surface area contributed by atoms with Gasteiger partial charge >= 0.3 is 0 Å². The summed E-state index contributed by atoms with van der Waals surface area (Å²) in [6, 6.07) is 14.6. The van der Waals surface area contributed by atoms with Crippen LogP contribution in [0.2, 0.25) is 0 Å². The van der Waals surface area contributed by atoms with E-state index in [0.29, 0.717) is 5.56 Å². The number of nitrogens with zero attached hydrogens (tertiary/aromatic N) is 1. The Hall–Kier alpha value is -2.29. The molecule has 0 radical (unpaired) electrons. The third kappa shape index (κ3) is 1.95. The Labute approximate surface area is 118 Å². The molecule has 3 heteroatoms. The number of likely N-dealkylation sites (N-methyl/N-ethyl adjacent to an activating group) is 1. The van der Waals surface area contributed by atoms with E-state index in [0.717, 1.165) is 17.0 Å². The number of ether oxygens (including phenoxy) is 1. The van der Waals surface area contributed by atoms with Gasteiger partial charge in [-0.15, -0.1) is 0 Å². The van der Waals surface area contributed by atoms with Gasteiger partial charge in [-0.1, -0.05) is 36.4 Å². The molecule has 0 fully saturated rings. The number of hydrogen-bond acceptors (Lipinski definition) is 2. The number of anilines is 1. The van der Waals surface area contributed by atoms with Crippen LogP contribution in [0, 0.1) is 5.82 Å². The zero-order valence-electron chi connectivity index (χ0n) is 11.5. The first-order chi connectivity index (χ1) is 9.72. The molecule has 1 heterocycles. The summed E-state index contributed by atoms with van der Waals surface area (Å²) in [5, 5.41) is 0. The molecule has 0 saturated heterocycles. The summed E-state index contributed by atoms with van der Waals surface area (Å²) in [5.74, 6) is 0.531. The van der Waals surface area contributed by atoms with Gasteiger partial charge < -0.3 is 9.64 Å². The zero-order chi connectivity index (χ0) is 14.1. The second-order valence-corrected chi connectivity index (χ2v) is 4.84. The number of rotatable bonds is 2. The smallest absolute Gasteiger partial charge is 0.128 e. The summed E-state index contributed by atoms with van der Waals surface area (Å²) >= 11 is 0. The number of hydrogen-bond donors (Lipinski definition) is 0. The van der Waals surface area contributed by atoms with Crippen LogP contribution in [0.4, 0.5) is 10.1 Å². The van der Waals surface area contributed by atoms with Gasteiger partial charge in [0.1, 0.15) is 17.6 Å². The lowest BCUT2D eigenvalue weighted by Crippen LogP contribution is -2.30. The normalized spacial score (nSPS) is 17.4. The van der Waals surface area contributed by atoms with E-state index in [1.807, 2.05) is 48.4 Å². The topological polar surface area (TPSA) is 12.5 Å². The van der Waals surface area contributed by atoms with E-state index < -0.39 is 0 Å². The average Bonchev–Trinajstić information content (AvgIpc) is 2.48. The molecule has 2 aromatic carbocycles. The van der Waals surface area contributed by atoms with Crippen LogP contribution in [0.25, 0.3) is 6.08 Å². The monoisotopic (exact) mass is 269 g/mol. The number of fused-ring (bicyclic) bond motifs is 1. The zero-order valence-corrected chi connectivity index (χ0v) is 11.5. The predicted molar refractivity (Wildman–Crippen MR) is 79.0 cm³/mol. The molecule has 2 aromatic rings. The fraction of sp³-hybridized carbons (Fsp3) is 0.176. The summed E-state index contributed by atoms with van der Waals surface area (Å²) < 4.78 is 19.6. The molecule has 1 aliphatic heterocycles. The molecule has 0 N–H and O–H groups in total. The Kier molecular flexibility index (Phi) is 3.18. The maximum Gasteiger partial charge on any atom is 0.128 e. The van der Waals surface area contributed by atoms with Gasteiger partial charge in [0.15, 0.2) is 0 Å². The minimum absolute atomic E-state index is 0.216. The Morgan fingerprint density at radius 1 is 1.05 bits per heavy atom. The third-order valence-electron chi connectivity index (χ3n) is 3.71. The van der Waals surface area contributed by atoms with Gasteiger partial charge in [-0.2, -0.15) is 0 Å². The third-order valence-corrected chi connectivity index (χ3v) is 3.71. The quantitative estimate of drug-likeness (QED) is 0.817. The molecule has 20 heavy (non-hydrogen) atoms. The second kappa shape index (κ2) is 5.00. The first-order valence-corrected chi connectivity index (χ1v) is 6.54. The first-order valence-electron chi connectivity index (χ1n) is 6.54. The average molecular weight is 269 g/mol. The second-order valence-electron chi connectivity index (χ2n) is 4.84. The largest absolute Gasteiger partial charge is 0.499 e. The number of halogens is 1. The lowest BCUT2D eigenvalue weighted by molar-refractivity contribution is 0.264. The Morgan fingerprint density at radius 3 is 2.50 bits per heavy atom. The highest BCUT2D eigenvalue weighted by atomic mass is 19.1. The van der Waals surface area contributed by atoms with Gasteiger partial charge in [0.25, 0.3) is 0 Å². The highest BCUT2D eigenvalue weighted by Crippen LogP contribution is 2.40. The van der Waals surface area contributed by atoms with Crippen molar-refractivity contribution < 1.29 is 9.13 Å². The SMILES string of the molecule is COC1=Cc2ccccc2N(C)C1c1ccccc1F. The summed E-state index contributed by atoms with van der Waals surface area (Å²) in [6.45, 7) is 0. The molecule has 1 unspecified atom stereocenters. The van der Waals surface area contributed by atoms with Crippen LogP contribution in [-0.2, 0) is 4.74 Å². The van der Waals surface area contributed by atoms with Crippen molar-refractivity contribution in [1.29, 1.82) is 0 Å². The minimum Gasteiger partial charge on any atom is -0.499 e. The molecule has 1 atom stereocenters. The van der Waals surface area contributed by atoms with Crippen molar-refractivity contribution >= 4 is 11.8 Å². The summed E-state index contributed by atoms with van der Waals surface area (Å²) in [4.78, 5) is 2.05. The van der Waals surface area contributed by atoms with Crippen LogP contribution in [0.5, 0.6) is 0 Å². The van der Waals surface area contributed by atoms with Crippen LogP contribution in [0.3, 0.4) is 0 Å². The van der Waals surface area contributed by atoms with Crippen molar-refractivity contribution in [3.05, 3.63) is 71.2 Å². The van der Waals surface area contributed by atoms with Gasteiger partial charge in [-0.25, -0.2) is 4.39 Å². The molecule has 0 aromatic heterocycles. The molecule has 0 saturated carbocycles. The number of methoxy groups -OCH3 is 1. The fourth-order valence-electron chi connectivity index (χ4n) is 2.72. The van der Waals surface area contributed by atoms with Crippen LogP contribution >= 0.6 is 0 Å². The van der Waals surface area contributed by atoms with E-state index in [9.17, 15) is 4.39 Å². The van der Waals surface area contributed by atoms with Crippen molar-refractivity contribution in [3.63, 3.8) is 0 Å². The maximum atomic E-state index is 14.1. The van der Waals surface area contributed by atoms with Gasteiger partial charge in [0.2, 0.25) is 0 Å². The highest BCUT2D eigenvalue weighted by molar-refractivity contribution is 5.74. The maximum absolute atomic E-state index is 14.1. The Bertz CT molecular complexity index is 666. The van der Waals surface area contributed by atoms with Crippen molar-refractivity contribution in [2.45, 2.75) is 6.04 Å². The molecule has 3 rings (SSSR count). The van der Waals surface area contributed by atoms with E-state index in [1.165, 1.54) is 6.07 Å². The van der Waals surface area contributed by atoms with Crippen molar-refractivity contribution in [1.82, 2.24) is 0 Å². The van der Waals surface area contributed by atoms with E-state index in [1.54, 1.807) is 19.2 Å². The lowest BCUT2D eigenvalue weighted by atomic mass is 9.96. The minimum atomic E-state index is -0.240. The molecule has 0 aliphatic carbocycles. The standard InChI is InChI=1S/C17H16FNO/c1-19-15-10-6-3-7-12(15)11-16(20-2)17(19)13-8-4-5-9-14(13)18/h3-11,17H,1-2H3. The number of benzene rings is 2. The van der Waals surface area contributed by atoms with Crippen molar-refractivity contribution in [2.24, 2.45) is 0 Å². The van der Waals surface area contributed by atoms with Crippen molar-refractivity contribution in [3.8, 4) is 0 Å². The van der Waals surface area contributed by atoms with E-state index in [4.69, 9.17) is 4.74 Å². The number of para-hydroxylation sites is 1. The van der Waals surface area contributed by atoms with Gasteiger partial charge in [0, 0.05) is 23.9 Å². The first kappa shape index (κ1) is 12.7. The van der Waals surface area contributed by atoms with Crippen LogP contribution < -0.4 is 4.90 Å². The molecule has 0 bridgehead atoms. The molecular formula is C17H16FNO. The summed E-state index contributed by atoms with van der Waals surface area (Å²) in [6.07, 6.45) is 1.98. The molecule has 2 nitrogen and oxygen atoms in total. The Morgan fingerprint density at radius 2 is 1.75 bits per heavy atom. The van der Waals surface area contributed by atoms with E-state index in [2.05, 4.69) is 0 Å². The Balaban J connectivity index is 2.15. The van der Waals surface area contributed by atoms with Crippen LogP contribution in [0.1, 0.15) is 17.2 Å². The van der Waals surface area contributed by atoms with E-state index in [-0.39, 0.29) is 11.9 Å². The van der Waals surface area contributed by atoms with Crippen molar-refractivity contribution in [2.75, 3.05) is 19.1 Å². The molecule has 0 amide bonds. The van der Waals surface area contributed by atoms with E-state index >= 15 is 0 Å². The molecule has 1 aliphatic rings. The molecule has 102 valence electrons. The summed E-state index contributed by atoms with van der Waals surface area (Å²) in [7, 11) is 3.59. The lowest BCUT2D eigenvalue weighted by Gasteiger charge is -2.36. The van der Waals surface area contributed by atoms with Gasteiger partial charge in [0.05, 0.1) is 7.11 Å². The van der Waals surface area contributed by atoms with Gasteiger partial charge in [-0.05, 0) is 18.2 Å². The van der Waals surface area contributed by atoms with Gasteiger partial charge in [-0.3, -0.25) is 0 Å². The predicted octanol–water partition coefficient (Wildman–Crippen LogP) is 4.00. The van der Waals surface area contributed by atoms with Crippen LogP contribution in [0.15, 0.2) is 54.3 Å². The molecule has 0 spiro atoms. The van der Waals surface area contributed by atoms with Crippen LogP contribution in [-0.4, -0.2) is 14.2 Å². The fourth-order valence-corrected chi connectivity index (χ4v) is 2.72.